The molecular weight excluding hydrogens is 713 g/mol. The van der Waals surface area contributed by atoms with Gasteiger partial charge in [-0.1, -0.05) is 184 Å². The van der Waals surface area contributed by atoms with Crippen LogP contribution in [0.15, 0.2) is 218 Å². The number of fused-ring (bicyclic) bond motifs is 5. The monoisotopic (exact) mass is 754 g/mol. The van der Waals surface area contributed by atoms with Gasteiger partial charge in [0.05, 0.1) is 22.7 Å². The first-order valence-corrected chi connectivity index (χ1v) is 20.5. The van der Waals surface area contributed by atoms with Crippen molar-refractivity contribution in [2.75, 3.05) is 9.80 Å². The summed E-state index contributed by atoms with van der Waals surface area (Å²) in [5, 5.41) is 7.29. The van der Waals surface area contributed by atoms with Gasteiger partial charge < -0.3 is 9.80 Å². The Labute approximate surface area is 345 Å². The summed E-state index contributed by atoms with van der Waals surface area (Å²) in [6.45, 7) is 4.74. The lowest BCUT2D eigenvalue weighted by Gasteiger charge is -2.44. The molecule has 0 bridgehead atoms. The third-order valence-corrected chi connectivity index (χ3v) is 12.4. The first kappa shape index (κ1) is 34.8. The number of anilines is 6. The van der Waals surface area contributed by atoms with Crippen molar-refractivity contribution >= 4 is 66.4 Å². The topological polar surface area (TPSA) is 6.48 Å². The minimum absolute atomic E-state index is 0.236. The van der Waals surface area contributed by atoms with Crippen molar-refractivity contribution in [2.45, 2.75) is 19.3 Å². The highest BCUT2D eigenvalue weighted by Gasteiger charge is 2.38. The van der Waals surface area contributed by atoms with Crippen LogP contribution >= 0.6 is 0 Å². The predicted octanol–water partition coefficient (Wildman–Crippen LogP) is 16.1. The molecular formula is C57H42N2. The Morgan fingerprint density at radius 2 is 0.881 bits per heavy atom. The van der Waals surface area contributed by atoms with E-state index < -0.39 is 0 Å². The Kier molecular flexibility index (Phi) is 8.20. The van der Waals surface area contributed by atoms with Crippen LogP contribution in [0.4, 0.5) is 34.1 Å². The number of para-hydroxylation sites is 1. The third kappa shape index (κ3) is 5.87. The third-order valence-electron chi connectivity index (χ3n) is 12.4. The average molecular weight is 755 g/mol. The number of rotatable bonds is 6. The summed E-state index contributed by atoms with van der Waals surface area (Å²) >= 11 is 0. The van der Waals surface area contributed by atoms with E-state index in [1.807, 2.05) is 0 Å². The quantitative estimate of drug-likeness (QED) is 0.167. The van der Waals surface area contributed by atoms with E-state index in [4.69, 9.17) is 0 Å². The molecule has 0 amide bonds. The Morgan fingerprint density at radius 1 is 0.356 bits per heavy atom. The molecule has 2 nitrogen and oxygen atoms in total. The second-order valence-electron chi connectivity index (χ2n) is 16.2. The van der Waals surface area contributed by atoms with E-state index >= 15 is 0 Å². The molecule has 10 aromatic carbocycles. The highest BCUT2D eigenvalue weighted by atomic mass is 15.2. The van der Waals surface area contributed by atoms with Crippen LogP contribution in [0.2, 0.25) is 0 Å². The Bertz CT molecular complexity index is 3200. The fraction of sp³-hybridized carbons (Fsp3) is 0.0526. The van der Waals surface area contributed by atoms with Crippen molar-refractivity contribution in [1.29, 1.82) is 0 Å². The van der Waals surface area contributed by atoms with Crippen LogP contribution in [0.3, 0.4) is 0 Å². The maximum absolute atomic E-state index is 2.56. The van der Waals surface area contributed by atoms with Gasteiger partial charge in [-0.25, -0.2) is 0 Å². The summed E-state index contributed by atoms with van der Waals surface area (Å²) < 4.78 is 0. The molecule has 0 spiro atoms. The summed E-state index contributed by atoms with van der Waals surface area (Å²) in [4.78, 5) is 5.02. The molecule has 1 aliphatic heterocycles. The fourth-order valence-corrected chi connectivity index (χ4v) is 9.34. The van der Waals surface area contributed by atoms with Gasteiger partial charge in [-0.2, -0.15) is 0 Å². The van der Waals surface area contributed by atoms with Gasteiger partial charge >= 0.3 is 0 Å². The minimum Gasteiger partial charge on any atom is -0.308 e. The van der Waals surface area contributed by atoms with Gasteiger partial charge in [0.15, 0.2) is 0 Å². The van der Waals surface area contributed by atoms with Crippen molar-refractivity contribution in [2.24, 2.45) is 0 Å². The van der Waals surface area contributed by atoms with E-state index in [0.717, 1.165) is 22.7 Å². The highest BCUT2D eigenvalue weighted by molar-refractivity contribution is 6.09. The van der Waals surface area contributed by atoms with E-state index in [1.165, 1.54) is 77.1 Å². The minimum atomic E-state index is -0.236. The van der Waals surface area contributed by atoms with Crippen LogP contribution in [0.5, 0.6) is 0 Å². The van der Waals surface area contributed by atoms with E-state index in [2.05, 4.69) is 242 Å². The van der Waals surface area contributed by atoms with E-state index in [1.54, 1.807) is 0 Å². The summed E-state index contributed by atoms with van der Waals surface area (Å²) in [5.74, 6) is 0. The Morgan fingerprint density at radius 3 is 1.66 bits per heavy atom. The normalized spacial score (nSPS) is 13.0. The van der Waals surface area contributed by atoms with Crippen molar-refractivity contribution in [3.05, 3.63) is 230 Å². The zero-order valence-corrected chi connectivity index (χ0v) is 33.2. The average Bonchev–Trinajstić information content (AvgIpc) is 3.30. The molecule has 59 heavy (non-hydrogen) atoms. The molecule has 2 heteroatoms. The smallest absolute Gasteiger partial charge is 0.0781 e. The van der Waals surface area contributed by atoms with Crippen LogP contribution in [0.1, 0.15) is 25.0 Å². The van der Waals surface area contributed by atoms with E-state index in [0.29, 0.717) is 0 Å². The van der Waals surface area contributed by atoms with Gasteiger partial charge in [-0.15, -0.1) is 0 Å². The van der Waals surface area contributed by atoms with Crippen LogP contribution in [0, 0.1) is 0 Å². The molecule has 0 saturated heterocycles. The first-order valence-electron chi connectivity index (χ1n) is 20.5. The van der Waals surface area contributed by atoms with Gasteiger partial charge in [0, 0.05) is 22.2 Å². The van der Waals surface area contributed by atoms with Gasteiger partial charge in [0.1, 0.15) is 0 Å². The van der Waals surface area contributed by atoms with Crippen molar-refractivity contribution in [3.63, 3.8) is 0 Å². The van der Waals surface area contributed by atoms with Gasteiger partial charge in [0.25, 0.3) is 0 Å². The summed E-state index contributed by atoms with van der Waals surface area (Å²) in [5.41, 5.74) is 14.0. The number of hydrogen-bond acceptors (Lipinski definition) is 2. The van der Waals surface area contributed by atoms with Crippen molar-refractivity contribution in [1.82, 2.24) is 0 Å². The molecule has 0 N–H and O–H groups in total. The highest BCUT2D eigenvalue weighted by Crippen LogP contribution is 2.57. The second-order valence-corrected chi connectivity index (χ2v) is 16.2. The van der Waals surface area contributed by atoms with Crippen molar-refractivity contribution in [3.8, 4) is 22.3 Å². The molecule has 10 aromatic rings. The first-order chi connectivity index (χ1) is 29.0. The SMILES string of the molecule is CC1(C)c2ccccc2N(c2c(N(c3ccc(-c4ccccc4)cc3)c3ccc4ccccc4c3)ccc3ccccc23)c2cc(-c3ccc4ccccc4c3)ccc21. The number of nitrogens with zero attached hydrogens (tertiary/aromatic N) is 2. The summed E-state index contributed by atoms with van der Waals surface area (Å²) in [6, 6.07) is 80.2. The van der Waals surface area contributed by atoms with Crippen LogP contribution in [0.25, 0.3) is 54.6 Å². The van der Waals surface area contributed by atoms with Crippen LogP contribution in [-0.2, 0) is 5.41 Å². The Hall–Kier alpha value is -7.42. The fourth-order valence-electron chi connectivity index (χ4n) is 9.34. The summed E-state index contributed by atoms with van der Waals surface area (Å²) in [7, 11) is 0. The van der Waals surface area contributed by atoms with Crippen molar-refractivity contribution < 1.29 is 0 Å². The second kappa shape index (κ2) is 13.9. The lowest BCUT2D eigenvalue weighted by Crippen LogP contribution is -2.31. The zero-order valence-electron chi connectivity index (χ0n) is 33.2. The lowest BCUT2D eigenvalue weighted by atomic mass is 9.73. The van der Waals surface area contributed by atoms with Gasteiger partial charge in [0.2, 0.25) is 0 Å². The van der Waals surface area contributed by atoms with Crippen LogP contribution in [-0.4, -0.2) is 0 Å². The Balaban J connectivity index is 1.19. The maximum Gasteiger partial charge on any atom is 0.0781 e. The molecule has 0 unspecified atom stereocenters. The molecule has 11 rings (SSSR count). The predicted molar refractivity (Wildman–Crippen MR) is 251 cm³/mol. The molecule has 0 atom stereocenters. The maximum atomic E-state index is 2.56. The largest absolute Gasteiger partial charge is 0.308 e. The van der Waals surface area contributed by atoms with Gasteiger partial charge in [-0.3, -0.25) is 0 Å². The molecule has 0 radical (unpaired) electrons. The van der Waals surface area contributed by atoms with Crippen LogP contribution < -0.4 is 9.80 Å². The lowest BCUT2D eigenvalue weighted by molar-refractivity contribution is 0.632. The van der Waals surface area contributed by atoms with E-state index in [9.17, 15) is 0 Å². The molecule has 0 saturated carbocycles. The standard InChI is InChI=1S/C57H42N2/c1-57(2)51-22-12-13-23-53(51)59(55-38-47(29-34-52(55)57)46-25-24-40-16-6-8-19-44(40)36-46)56-50-21-11-10-18-43(50)30-35-54(56)58(49-33-28-41-17-7-9-20-45(41)37-49)48-31-26-42(27-32-48)39-14-4-3-5-15-39/h3-38H,1-2H3. The molecule has 0 fully saturated rings. The molecule has 0 aromatic heterocycles. The molecule has 280 valence electrons. The molecule has 1 heterocycles. The zero-order chi connectivity index (χ0) is 39.5. The van der Waals surface area contributed by atoms with E-state index in [-0.39, 0.29) is 5.41 Å². The summed E-state index contributed by atoms with van der Waals surface area (Å²) in [6.07, 6.45) is 0. The number of hydrogen-bond donors (Lipinski definition) is 0. The number of benzene rings is 10. The molecule has 0 aliphatic carbocycles. The van der Waals surface area contributed by atoms with Gasteiger partial charge in [-0.05, 0) is 109 Å². The molecule has 1 aliphatic rings.